The number of hydrogen-bond donors (Lipinski definition) is 3. The zero-order valence-electron chi connectivity index (χ0n) is 12.7. The van der Waals surface area contributed by atoms with Crippen molar-refractivity contribution in [2.75, 3.05) is 26.7 Å². The molecule has 0 aliphatic carbocycles. The van der Waals surface area contributed by atoms with Gasteiger partial charge in [-0.3, -0.25) is 4.79 Å². The lowest BCUT2D eigenvalue weighted by Gasteiger charge is -2.30. The third-order valence-electron chi connectivity index (χ3n) is 3.79. The lowest BCUT2D eigenvalue weighted by molar-refractivity contribution is -0.137. The molecule has 0 bridgehead atoms. The summed E-state index contributed by atoms with van der Waals surface area (Å²) in [5.74, 6) is -0.313. The Labute approximate surface area is 120 Å². The Bertz CT molecular complexity index is 334. The van der Waals surface area contributed by atoms with Gasteiger partial charge in [0, 0.05) is 19.1 Å². The number of carboxylic acid groups (broad SMARTS) is 1. The van der Waals surface area contributed by atoms with E-state index >= 15 is 0 Å². The summed E-state index contributed by atoms with van der Waals surface area (Å²) in [5.41, 5.74) is 0. The van der Waals surface area contributed by atoms with Crippen LogP contribution in [0.15, 0.2) is 0 Å². The molecule has 0 saturated carbocycles. The molecule has 6 nitrogen and oxygen atoms in total. The molecule has 1 aliphatic heterocycles. The maximum atomic E-state index is 11.8. The number of likely N-dealkylation sites (tertiary alicyclic amines) is 1. The Morgan fingerprint density at radius 2 is 2.10 bits per heavy atom. The second-order valence-electron chi connectivity index (χ2n) is 6.07. The molecule has 0 aromatic carbocycles. The van der Waals surface area contributed by atoms with Gasteiger partial charge < -0.3 is 20.6 Å². The number of piperidine rings is 1. The van der Waals surface area contributed by atoms with Gasteiger partial charge in [0.05, 0.1) is 6.42 Å². The number of carbonyl (C=O) groups excluding carboxylic acids is 1. The second-order valence-corrected chi connectivity index (χ2v) is 6.07. The van der Waals surface area contributed by atoms with Crippen LogP contribution in [0, 0.1) is 11.8 Å². The van der Waals surface area contributed by atoms with Crippen molar-refractivity contribution in [2.24, 2.45) is 11.8 Å². The van der Waals surface area contributed by atoms with E-state index in [0.29, 0.717) is 12.5 Å². The zero-order chi connectivity index (χ0) is 15.1. The van der Waals surface area contributed by atoms with E-state index in [9.17, 15) is 9.59 Å². The largest absolute Gasteiger partial charge is 0.481 e. The van der Waals surface area contributed by atoms with E-state index in [1.165, 1.54) is 0 Å². The molecule has 3 N–H and O–H groups in total. The minimum atomic E-state index is -0.891. The molecule has 2 amide bonds. The Morgan fingerprint density at radius 1 is 1.40 bits per heavy atom. The molecule has 6 heteroatoms. The van der Waals surface area contributed by atoms with Gasteiger partial charge in [0.2, 0.25) is 0 Å². The van der Waals surface area contributed by atoms with Gasteiger partial charge in [-0.05, 0) is 38.3 Å². The first-order valence-corrected chi connectivity index (χ1v) is 7.33. The molecule has 1 heterocycles. The predicted molar refractivity (Wildman–Crippen MR) is 77.6 cm³/mol. The molecule has 1 fully saturated rings. The van der Waals surface area contributed by atoms with Crippen LogP contribution in [-0.2, 0) is 4.79 Å². The van der Waals surface area contributed by atoms with Crippen LogP contribution in [0.25, 0.3) is 0 Å². The molecule has 0 aromatic heterocycles. The number of rotatable bonds is 6. The van der Waals surface area contributed by atoms with Gasteiger partial charge in [-0.2, -0.15) is 0 Å². The summed E-state index contributed by atoms with van der Waals surface area (Å²) in [7, 11) is 2.09. The molecule has 0 aromatic rings. The highest BCUT2D eigenvalue weighted by Crippen LogP contribution is 2.13. The van der Waals surface area contributed by atoms with E-state index in [1.807, 2.05) is 13.8 Å². The summed E-state index contributed by atoms with van der Waals surface area (Å²) >= 11 is 0. The molecular weight excluding hydrogens is 258 g/mol. The number of aliphatic carboxylic acids is 1. The van der Waals surface area contributed by atoms with Gasteiger partial charge >= 0.3 is 12.0 Å². The SMILES string of the molecule is CC(C)C(CC(=O)O)NC(=O)NCC1CCCN(C)C1. The van der Waals surface area contributed by atoms with Gasteiger partial charge in [0.1, 0.15) is 0 Å². The molecule has 0 radical (unpaired) electrons. The van der Waals surface area contributed by atoms with Crippen LogP contribution < -0.4 is 10.6 Å². The number of hydrogen-bond acceptors (Lipinski definition) is 3. The topological polar surface area (TPSA) is 81.7 Å². The van der Waals surface area contributed by atoms with Crippen molar-refractivity contribution in [2.45, 2.75) is 39.2 Å². The molecule has 1 saturated heterocycles. The van der Waals surface area contributed by atoms with E-state index < -0.39 is 5.97 Å². The average molecular weight is 285 g/mol. The van der Waals surface area contributed by atoms with Crippen molar-refractivity contribution in [3.8, 4) is 0 Å². The van der Waals surface area contributed by atoms with Crippen LogP contribution in [0.2, 0.25) is 0 Å². The second kappa shape index (κ2) is 8.09. The highest BCUT2D eigenvalue weighted by molar-refractivity contribution is 5.75. The number of carboxylic acids is 1. The molecule has 2 atom stereocenters. The fraction of sp³-hybridized carbons (Fsp3) is 0.857. The summed E-state index contributed by atoms with van der Waals surface area (Å²) in [6.45, 7) is 6.59. The Hall–Kier alpha value is -1.30. The normalized spacial score (nSPS) is 21.5. The average Bonchev–Trinajstić information content (AvgIpc) is 2.35. The van der Waals surface area contributed by atoms with Gasteiger partial charge in [-0.1, -0.05) is 13.8 Å². The van der Waals surface area contributed by atoms with Crippen molar-refractivity contribution < 1.29 is 14.7 Å². The molecule has 2 unspecified atom stereocenters. The predicted octanol–water partition coefficient (Wildman–Crippen LogP) is 1.13. The lowest BCUT2D eigenvalue weighted by atomic mass is 9.98. The zero-order valence-corrected chi connectivity index (χ0v) is 12.7. The number of amides is 2. The molecule has 0 spiro atoms. The third kappa shape index (κ3) is 6.23. The number of carbonyl (C=O) groups is 2. The number of urea groups is 1. The first-order valence-electron chi connectivity index (χ1n) is 7.33. The van der Waals surface area contributed by atoms with Crippen LogP contribution in [-0.4, -0.2) is 54.7 Å². The molecular formula is C14H27N3O3. The summed E-state index contributed by atoms with van der Waals surface area (Å²) in [4.78, 5) is 24.9. The quantitative estimate of drug-likeness (QED) is 0.683. The Morgan fingerprint density at radius 3 is 2.65 bits per heavy atom. The van der Waals surface area contributed by atoms with Crippen molar-refractivity contribution in [1.82, 2.24) is 15.5 Å². The molecule has 1 aliphatic rings. The Kier molecular flexibility index (Phi) is 6.78. The summed E-state index contributed by atoms with van der Waals surface area (Å²) in [5, 5.41) is 14.4. The summed E-state index contributed by atoms with van der Waals surface area (Å²) in [6.07, 6.45) is 2.25. The van der Waals surface area contributed by atoms with E-state index in [2.05, 4.69) is 22.6 Å². The van der Waals surface area contributed by atoms with E-state index in [1.54, 1.807) is 0 Å². The molecule has 20 heavy (non-hydrogen) atoms. The Balaban J connectivity index is 2.32. The smallest absolute Gasteiger partial charge is 0.315 e. The third-order valence-corrected chi connectivity index (χ3v) is 3.79. The number of nitrogens with one attached hydrogen (secondary N) is 2. The highest BCUT2D eigenvalue weighted by atomic mass is 16.4. The van der Waals surface area contributed by atoms with E-state index in [0.717, 1.165) is 25.9 Å². The van der Waals surface area contributed by atoms with Gasteiger partial charge in [0.25, 0.3) is 0 Å². The summed E-state index contributed by atoms with van der Waals surface area (Å²) < 4.78 is 0. The number of nitrogens with zero attached hydrogens (tertiary/aromatic N) is 1. The van der Waals surface area contributed by atoms with Gasteiger partial charge in [-0.25, -0.2) is 4.79 Å². The molecule has 1 rings (SSSR count). The fourth-order valence-electron chi connectivity index (χ4n) is 2.54. The van der Waals surface area contributed by atoms with Crippen molar-refractivity contribution >= 4 is 12.0 Å². The highest BCUT2D eigenvalue weighted by Gasteiger charge is 2.21. The lowest BCUT2D eigenvalue weighted by Crippen LogP contribution is -2.47. The van der Waals surface area contributed by atoms with Crippen LogP contribution in [0.5, 0.6) is 0 Å². The maximum absolute atomic E-state index is 11.8. The van der Waals surface area contributed by atoms with Crippen molar-refractivity contribution in [3.63, 3.8) is 0 Å². The van der Waals surface area contributed by atoms with Gasteiger partial charge in [-0.15, -0.1) is 0 Å². The van der Waals surface area contributed by atoms with Crippen LogP contribution in [0.1, 0.15) is 33.1 Å². The van der Waals surface area contributed by atoms with E-state index in [-0.39, 0.29) is 24.4 Å². The van der Waals surface area contributed by atoms with E-state index in [4.69, 9.17) is 5.11 Å². The van der Waals surface area contributed by atoms with Crippen LogP contribution >= 0.6 is 0 Å². The maximum Gasteiger partial charge on any atom is 0.315 e. The first kappa shape index (κ1) is 16.8. The van der Waals surface area contributed by atoms with Crippen molar-refractivity contribution in [1.29, 1.82) is 0 Å². The molecule has 116 valence electrons. The fourth-order valence-corrected chi connectivity index (χ4v) is 2.54. The minimum absolute atomic E-state index is 0.0444. The summed E-state index contributed by atoms with van der Waals surface area (Å²) in [6, 6.07) is -0.597. The van der Waals surface area contributed by atoms with Crippen LogP contribution in [0.3, 0.4) is 0 Å². The minimum Gasteiger partial charge on any atom is -0.481 e. The first-order chi connectivity index (χ1) is 9.38. The van der Waals surface area contributed by atoms with Crippen molar-refractivity contribution in [3.05, 3.63) is 0 Å². The van der Waals surface area contributed by atoms with Gasteiger partial charge in [0.15, 0.2) is 0 Å². The monoisotopic (exact) mass is 285 g/mol. The van der Waals surface area contributed by atoms with Crippen LogP contribution in [0.4, 0.5) is 4.79 Å². The standard InChI is InChI=1S/C14H27N3O3/c1-10(2)12(7-13(18)19)16-14(20)15-8-11-5-4-6-17(3)9-11/h10-12H,4-9H2,1-3H3,(H,18,19)(H2,15,16,20).